The van der Waals surface area contributed by atoms with E-state index in [1.54, 1.807) is 43.3 Å². The molecule has 2 fully saturated rings. The Morgan fingerprint density at radius 1 is 1.32 bits per heavy atom. The van der Waals surface area contributed by atoms with Gasteiger partial charge >= 0.3 is 0 Å². The third-order valence-corrected chi connectivity index (χ3v) is 8.21. The van der Waals surface area contributed by atoms with Gasteiger partial charge in [-0.2, -0.15) is 0 Å². The van der Waals surface area contributed by atoms with E-state index < -0.39 is 12.3 Å². The van der Waals surface area contributed by atoms with E-state index in [1.807, 2.05) is 19.1 Å². The summed E-state index contributed by atoms with van der Waals surface area (Å²) in [5.74, 6) is -0.713. The van der Waals surface area contributed by atoms with Crippen molar-refractivity contribution in [3.63, 3.8) is 0 Å². The van der Waals surface area contributed by atoms with Gasteiger partial charge in [0, 0.05) is 46.5 Å². The second-order valence-electron chi connectivity index (χ2n) is 10.7. The molecule has 1 aromatic rings. The highest BCUT2D eigenvalue weighted by Crippen LogP contribution is 2.53. The van der Waals surface area contributed by atoms with E-state index in [0.29, 0.717) is 35.2 Å². The van der Waals surface area contributed by atoms with Gasteiger partial charge in [-0.05, 0) is 74.1 Å². The molecule has 2 amide bonds. The molecule has 0 radical (unpaired) electrons. The first-order chi connectivity index (χ1) is 18.1. The highest BCUT2D eigenvalue weighted by molar-refractivity contribution is 6.34. The fraction of sp³-hybridized carbons (Fsp3) is 0.533. The van der Waals surface area contributed by atoms with Crippen LogP contribution in [0.15, 0.2) is 54.7 Å². The van der Waals surface area contributed by atoms with Gasteiger partial charge < -0.3 is 19.9 Å². The van der Waals surface area contributed by atoms with Crippen LogP contribution in [0.25, 0.3) is 0 Å². The third-order valence-electron chi connectivity index (χ3n) is 7.90. The molecule has 1 aromatic carbocycles. The van der Waals surface area contributed by atoms with Crippen molar-refractivity contribution in [3.8, 4) is 0 Å². The summed E-state index contributed by atoms with van der Waals surface area (Å²) in [5.41, 5.74) is 2.22. The average Bonchev–Trinajstić information content (AvgIpc) is 2.89. The summed E-state index contributed by atoms with van der Waals surface area (Å²) >= 11 is 6.32. The predicted octanol–water partition coefficient (Wildman–Crippen LogP) is 6.11. The van der Waals surface area contributed by atoms with Crippen LogP contribution in [0.1, 0.15) is 49.4 Å². The molecule has 2 aliphatic rings. The normalized spacial score (nSPS) is 19.2. The molecule has 38 heavy (non-hydrogen) atoms. The lowest BCUT2D eigenvalue weighted by molar-refractivity contribution is -0.147. The Morgan fingerprint density at radius 3 is 2.55 bits per heavy atom. The molecule has 0 aromatic heterocycles. The van der Waals surface area contributed by atoms with Gasteiger partial charge in [0.15, 0.2) is 0 Å². The van der Waals surface area contributed by atoms with Crippen LogP contribution in [0.3, 0.4) is 0 Å². The Kier molecular flexibility index (Phi) is 10.6. The Bertz CT molecular complexity index is 1050. The number of carbonyl (C=O) groups is 2. The molecule has 1 spiro atoms. The number of ether oxygens (including phenoxy) is 1. The number of piperidine rings is 1. The fourth-order valence-corrected chi connectivity index (χ4v) is 5.94. The van der Waals surface area contributed by atoms with Gasteiger partial charge in [0.05, 0.1) is 10.6 Å². The number of benzene rings is 1. The molecule has 1 saturated carbocycles. The van der Waals surface area contributed by atoms with E-state index in [4.69, 9.17) is 16.3 Å². The Labute approximate surface area is 231 Å². The number of hydrogen-bond acceptors (Lipinski definition) is 4. The number of nitrogens with zero attached hydrogens (tertiary/aromatic N) is 2. The van der Waals surface area contributed by atoms with Crippen LogP contribution in [-0.2, 0) is 9.53 Å². The summed E-state index contributed by atoms with van der Waals surface area (Å²) in [7, 11) is 4.70. The number of nitrogens with one attached hydrogen (secondary N) is 1. The van der Waals surface area contributed by atoms with Gasteiger partial charge in [-0.3, -0.25) is 9.59 Å². The van der Waals surface area contributed by atoms with Crippen LogP contribution in [-0.4, -0.2) is 68.8 Å². The van der Waals surface area contributed by atoms with Crippen molar-refractivity contribution in [1.29, 1.82) is 0 Å². The minimum Gasteiger partial charge on any atom is -0.385 e. The number of allylic oxidation sites excluding steroid dienone is 4. The van der Waals surface area contributed by atoms with Crippen LogP contribution in [0.2, 0.25) is 5.02 Å². The largest absolute Gasteiger partial charge is 0.385 e. The van der Waals surface area contributed by atoms with Gasteiger partial charge in [0.25, 0.3) is 5.91 Å². The quantitative estimate of drug-likeness (QED) is 0.341. The molecular weight excluding hydrogens is 505 g/mol. The molecule has 2 atom stereocenters. The first-order valence-electron chi connectivity index (χ1n) is 13.3. The molecule has 2 unspecified atom stereocenters. The minimum absolute atomic E-state index is 0.112. The molecule has 208 valence electrons. The van der Waals surface area contributed by atoms with Crippen molar-refractivity contribution in [2.24, 2.45) is 17.3 Å². The number of alkyl halides is 1. The lowest BCUT2D eigenvalue weighted by Gasteiger charge is -2.53. The maximum Gasteiger partial charge on any atom is 0.254 e. The zero-order valence-corrected chi connectivity index (χ0v) is 23.8. The van der Waals surface area contributed by atoms with E-state index in [9.17, 15) is 14.0 Å². The fourth-order valence-electron chi connectivity index (χ4n) is 5.68. The van der Waals surface area contributed by atoms with Crippen molar-refractivity contribution >= 4 is 29.1 Å². The number of rotatable bonds is 11. The number of amides is 2. The van der Waals surface area contributed by atoms with Crippen molar-refractivity contribution < 1.29 is 18.7 Å². The van der Waals surface area contributed by atoms with Gasteiger partial charge in [-0.1, -0.05) is 42.5 Å². The van der Waals surface area contributed by atoms with Gasteiger partial charge in [-0.15, -0.1) is 0 Å². The van der Waals surface area contributed by atoms with E-state index in [-0.39, 0.29) is 17.2 Å². The molecule has 6 nitrogen and oxygen atoms in total. The van der Waals surface area contributed by atoms with E-state index in [2.05, 4.69) is 11.9 Å². The minimum atomic E-state index is -1.71. The van der Waals surface area contributed by atoms with Gasteiger partial charge in [-0.25, -0.2) is 4.39 Å². The lowest BCUT2D eigenvalue weighted by Crippen LogP contribution is -2.51. The second kappa shape index (κ2) is 13.4. The van der Waals surface area contributed by atoms with Crippen LogP contribution in [0, 0.1) is 17.3 Å². The number of likely N-dealkylation sites (tertiary alicyclic amines) is 1. The predicted molar refractivity (Wildman–Crippen MR) is 152 cm³/mol. The van der Waals surface area contributed by atoms with Crippen LogP contribution in [0.4, 0.5) is 10.1 Å². The standard InChI is InChI=1S/C30H41ClFN3O3/c1-6-8-9-22(7-2)26(27(32)38-5)29(37)35-16-13-30(14-17-35)19-21(20-30)12-15-33-23-10-11-24(25(31)18-23)28(36)34(3)4/h6-11,18,21,26-27,33H,2,12-17,19-20H2,1,3-5H3/b8-6-,22-9+. The highest BCUT2D eigenvalue weighted by Gasteiger charge is 2.47. The Hall–Kier alpha value is -2.64. The van der Waals surface area contributed by atoms with E-state index >= 15 is 0 Å². The summed E-state index contributed by atoms with van der Waals surface area (Å²) in [4.78, 5) is 28.7. The second-order valence-corrected chi connectivity index (χ2v) is 11.1. The summed E-state index contributed by atoms with van der Waals surface area (Å²) in [6.07, 6.45) is 10.4. The van der Waals surface area contributed by atoms with Crippen molar-refractivity contribution in [1.82, 2.24) is 9.80 Å². The molecule has 8 heteroatoms. The van der Waals surface area contributed by atoms with Crippen LogP contribution in [0.5, 0.6) is 0 Å². The Balaban J connectivity index is 1.47. The molecule has 0 bridgehead atoms. The number of anilines is 1. The smallest absolute Gasteiger partial charge is 0.254 e. The molecule has 3 rings (SSSR count). The zero-order valence-electron chi connectivity index (χ0n) is 23.0. The van der Waals surface area contributed by atoms with Crippen molar-refractivity contribution in [3.05, 3.63) is 65.2 Å². The van der Waals surface area contributed by atoms with Crippen molar-refractivity contribution in [2.45, 2.75) is 45.4 Å². The monoisotopic (exact) mass is 545 g/mol. The third kappa shape index (κ3) is 7.06. The molecule has 1 N–H and O–H groups in total. The summed E-state index contributed by atoms with van der Waals surface area (Å²) in [6.45, 7) is 7.76. The highest BCUT2D eigenvalue weighted by atomic mass is 35.5. The first kappa shape index (κ1) is 29.9. The number of methoxy groups -OCH3 is 1. The van der Waals surface area contributed by atoms with Crippen LogP contribution < -0.4 is 5.32 Å². The summed E-state index contributed by atoms with van der Waals surface area (Å²) in [6, 6.07) is 5.45. The molecule has 1 aliphatic heterocycles. The summed E-state index contributed by atoms with van der Waals surface area (Å²) in [5, 5.41) is 3.87. The maximum absolute atomic E-state index is 14.7. The van der Waals surface area contributed by atoms with E-state index in [1.165, 1.54) is 18.1 Å². The lowest BCUT2D eigenvalue weighted by atomic mass is 9.57. The number of carbonyl (C=O) groups excluding carboxylic acids is 2. The molecular formula is C30H41ClFN3O3. The Morgan fingerprint density at radius 2 is 2.00 bits per heavy atom. The number of halogens is 2. The molecule has 1 heterocycles. The number of hydrogen-bond donors (Lipinski definition) is 1. The van der Waals surface area contributed by atoms with E-state index in [0.717, 1.165) is 44.3 Å². The van der Waals surface area contributed by atoms with Gasteiger partial charge in [0.1, 0.15) is 5.92 Å². The van der Waals surface area contributed by atoms with Gasteiger partial charge in [0.2, 0.25) is 12.3 Å². The zero-order chi connectivity index (χ0) is 27.9. The average molecular weight is 546 g/mol. The molecule has 1 saturated heterocycles. The topological polar surface area (TPSA) is 61.9 Å². The first-order valence-corrected chi connectivity index (χ1v) is 13.7. The summed E-state index contributed by atoms with van der Waals surface area (Å²) < 4.78 is 19.6. The van der Waals surface area contributed by atoms with Crippen LogP contribution >= 0.6 is 11.6 Å². The SMILES string of the molecule is C=C/C(=C\C=C/C)C(C(=O)N1CCC2(CC1)CC(CCNc1ccc(C(=O)N(C)C)c(Cl)c1)C2)C(F)OC. The molecule has 1 aliphatic carbocycles. The maximum atomic E-state index is 14.7. The van der Waals surface area contributed by atoms with Crippen molar-refractivity contribution in [2.75, 3.05) is 46.2 Å².